The van der Waals surface area contributed by atoms with Crippen LogP contribution < -0.4 is 9.62 Å². The van der Waals surface area contributed by atoms with Crippen LogP contribution in [0.25, 0.3) is 28.2 Å². The predicted molar refractivity (Wildman–Crippen MR) is 139 cm³/mol. The number of nitrogens with one attached hydrogen (secondary N) is 1. The molecule has 0 spiro atoms. The molecule has 1 aliphatic rings. The zero-order valence-corrected chi connectivity index (χ0v) is 21.4. The van der Waals surface area contributed by atoms with Gasteiger partial charge in [0.05, 0.1) is 6.10 Å². The van der Waals surface area contributed by atoms with Gasteiger partial charge in [0.2, 0.25) is 0 Å². The molecule has 1 fully saturated rings. The molecule has 37 heavy (non-hydrogen) atoms. The molecule has 1 aliphatic heterocycles. The van der Waals surface area contributed by atoms with Crippen LogP contribution in [0.5, 0.6) is 0 Å². The molecule has 1 aromatic heterocycles. The number of ether oxygens (including phenoxy) is 1. The highest BCUT2D eigenvalue weighted by Crippen LogP contribution is 2.29. The third-order valence-corrected chi connectivity index (χ3v) is 7.71. The lowest BCUT2D eigenvalue weighted by molar-refractivity contribution is -0.244. The number of hydrogen-bond donors (Lipinski definition) is 4. The minimum absolute atomic E-state index is 0.118. The second-order valence-electron chi connectivity index (χ2n) is 9.06. The first-order valence-corrected chi connectivity index (χ1v) is 13.2. The zero-order valence-electron chi connectivity index (χ0n) is 20.6. The molecule has 0 aliphatic carbocycles. The summed E-state index contributed by atoms with van der Waals surface area (Å²) in [4.78, 5) is 1.32. The maximum Gasteiger partial charge on any atom is 0.251 e. The Balaban J connectivity index is 1.56. The first-order chi connectivity index (χ1) is 17.5. The molecular formula is C26H29N3O7S. The summed E-state index contributed by atoms with van der Waals surface area (Å²) < 4.78 is 38.8. The van der Waals surface area contributed by atoms with Gasteiger partial charge in [0.25, 0.3) is 10.0 Å². The van der Waals surface area contributed by atoms with Crippen molar-refractivity contribution in [3.63, 3.8) is 0 Å². The number of benzene rings is 2. The molecule has 4 rings (SSSR count). The number of hydrogen-bond acceptors (Lipinski definition) is 9. The van der Waals surface area contributed by atoms with E-state index in [2.05, 4.69) is 10.8 Å². The molecule has 196 valence electrons. The number of allylic oxidation sites excluding steroid dienone is 1. The molecule has 3 aromatic rings. The van der Waals surface area contributed by atoms with Gasteiger partial charge in [-0.2, -0.15) is 9.98 Å². The lowest BCUT2D eigenvalue weighted by Crippen LogP contribution is -2.63. The van der Waals surface area contributed by atoms with Gasteiger partial charge in [-0.05, 0) is 47.5 Å². The first kappa shape index (κ1) is 26.8. The van der Waals surface area contributed by atoms with Gasteiger partial charge < -0.3 is 29.4 Å². The molecule has 1 unspecified atom stereocenters. The second kappa shape index (κ2) is 10.6. The van der Waals surface area contributed by atoms with E-state index in [1.165, 1.54) is 6.07 Å². The predicted octanol–water partition coefficient (Wildman–Crippen LogP) is 2.17. The Morgan fingerprint density at radius 1 is 1.08 bits per heavy atom. The van der Waals surface area contributed by atoms with Crippen molar-refractivity contribution in [2.45, 2.75) is 44.0 Å². The van der Waals surface area contributed by atoms with E-state index in [0.29, 0.717) is 12.2 Å². The summed E-state index contributed by atoms with van der Waals surface area (Å²) in [7, 11) is -0.566. The van der Waals surface area contributed by atoms with Crippen LogP contribution in [0, 0.1) is 11.3 Å². The number of anilines is 1. The van der Waals surface area contributed by atoms with E-state index < -0.39 is 45.6 Å². The van der Waals surface area contributed by atoms with E-state index in [1.54, 1.807) is 19.1 Å². The fourth-order valence-corrected chi connectivity index (χ4v) is 5.34. The highest BCUT2D eigenvalue weighted by Gasteiger charge is 2.45. The highest BCUT2D eigenvalue weighted by molar-refractivity contribution is 7.93. The molecule has 0 radical (unpaired) electrons. The largest absolute Gasteiger partial charge is 0.457 e. The summed E-state index contributed by atoms with van der Waals surface area (Å²) >= 11 is 0. The van der Waals surface area contributed by atoms with E-state index in [0.717, 1.165) is 28.1 Å². The monoisotopic (exact) mass is 527 g/mol. The van der Waals surface area contributed by atoms with Crippen LogP contribution in [0.4, 0.5) is 5.69 Å². The number of nitrogens with zero attached hydrogens (tertiary/aromatic N) is 2. The van der Waals surface area contributed by atoms with E-state index in [1.807, 2.05) is 49.3 Å². The number of aliphatic hydroxyl groups excluding tert-OH is 3. The summed E-state index contributed by atoms with van der Waals surface area (Å²) in [6, 6.07) is 15.1. The van der Waals surface area contributed by atoms with Crippen LogP contribution in [-0.4, -0.2) is 68.5 Å². The van der Waals surface area contributed by atoms with Crippen molar-refractivity contribution < 1.29 is 32.9 Å². The summed E-state index contributed by atoms with van der Waals surface area (Å²) in [6.45, 7) is 1.69. The van der Waals surface area contributed by atoms with E-state index >= 15 is 0 Å². The summed E-state index contributed by atoms with van der Waals surface area (Å²) in [5.74, 6) is 0.597. The van der Waals surface area contributed by atoms with Gasteiger partial charge in [-0.1, -0.05) is 25.1 Å². The van der Waals surface area contributed by atoms with Crippen LogP contribution in [0.15, 0.2) is 57.9 Å². The molecule has 2 heterocycles. The number of nitriles is 1. The Morgan fingerprint density at radius 2 is 1.78 bits per heavy atom. The summed E-state index contributed by atoms with van der Waals surface area (Å²) in [5, 5.41) is 42.2. The topological polar surface area (TPSA) is 156 Å². The Morgan fingerprint density at radius 3 is 2.46 bits per heavy atom. The third kappa shape index (κ3) is 5.55. The number of sulfonamides is 1. The Labute approximate surface area is 215 Å². The molecule has 0 amide bonds. The molecular weight excluding hydrogens is 498 g/mol. The van der Waals surface area contributed by atoms with Crippen molar-refractivity contribution in [1.29, 1.82) is 5.26 Å². The van der Waals surface area contributed by atoms with Crippen molar-refractivity contribution in [1.82, 2.24) is 4.72 Å². The van der Waals surface area contributed by atoms with Gasteiger partial charge in [0.1, 0.15) is 35.8 Å². The van der Waals surface area contributed by atoms with Crippen molar-refractivity contribution in [3.8, 4) is 17.4 Å². The average Bonchev–Trinajstić information content (AvgIpc) is 3.35. The lowest BCUT2D eigenvalue weighted by Gasteiger charge is -2.40. The van der Waals surface area contributed by atoms with Crippen LogP contribution in [0.2, 0.25) is 0 Å². The molecule has 11 heteroatoms. The van der Waals surface area contributed by atoms with Crippen LogP contribution in [0.1, 0.15) is 19.1 Å². The number of furan rings is 1. The number of aliphatic hydroxyl groups is 3. The third-order valence-electron chi connectivity index (χ3n) is 6.34. The van der Waals surface area contributed by atoms with E-state index in [9.17, 15) is 29.0 Å². The average molecular weight is 528 g/mol. The molecule has 2 aromatic carbocycles. The van der Waals surface area contributed by atoms with Gasteiger partial charge in [-0.15, -0.1) is 0 Å². The Kier molecular flexibility index (Phi) is 7.70. The molecule has 0 saturated carbocycles. The van der Waals surface area contributed by atoms with Gasteiger partial charge in [0.15, 0.2) is 11.2 Å². The standard InChI is InChI=1S/C26H29N3O7S/c1-4-21-24(30)25(31)23(26(32)36-21)28-37(33,34)20(14-27)13-19-9-10-22(35-19)17-6-5-16-12-18(29(2)3)8-7-15(16)11-17/h5-13,21,23-26,28,30-32H,4H2,1-3H3/b20-13+/t21-,23-,24-,25-,26?/m1/s1. The fourth-order valence-electron chi connectivity index (χ4n) is 4.20. The van der Waals surface area contributed by atoms with Gasteiger partial charge >= 0.3 is 0 Å². The van der Waals surface area contributed by atoms with Crippen molar-refractivity contribution in [2.75, 3.05) is 19.0 Å². The molecule has 5 atom stereocenters. The van der Waals surface area contributed by atoms with Gasteiger partial charge in [0, 0.05) is 31.4 Å². The van der Waals surface area contributed by atoms with Crippen molar-refractivity contribution in [3.05, 3.63) is 59.2 Å². The normalized spacial score (nSPS) is 24.7. The van der Waals surface area contributed by atoms with Crippen LogP contribution in [-0.2, 0) is 14.8 Å². The van der Waals surface area contributed by atoms with Gasteiger partial charge in [-0.25, -0.2) is 8.42 Å². The van der Waals surface area contributed by atoms with Crippen molar-refractivity contribution >= 4 is 32.6 Å². The number of fused-ring (bicyclic) bond motifs is 1. The fraction of sp³-hybridized carbons (Fsp3) is 0.346. The second-order valence-corrected chi connectivity index (χ2v) is 10.7. The van der Waals surface area contributed by atoms with E-state index in [4.69, 9.17) is 9.15 Å². The van der Waals surface area contributed by atoms with Gasteiger partial charge in [-0.3, -0.25) is 0 Å². The first-order valence-electron chi connectivity index (χ1n) is 11.7. The Hall–Kier alpha value is -3.24. The maximum atomic E-state index is 12.9. The number of rotatable bonds is 7. The quantitative estimate of drug-likeness (QED) is 0.338. The highest BCUT2D eigenvalue weighted by atomic mass is 32.2. The smallest absolute Gasteiger partial charge is 0.251 e. The molecule has 1 saturated heterocycles. The maximum absolute atomic E-state index is 12.9. The van der Waals surface area contributed by atoms with Crippen LogP contribution >= 0.6 is 0 Å². The summed E-state index contributed by atoms with van der Waals surface area (Å²) in [5.41, 5.74) is 1.85. The minimum Gasteiger partial charge on any atom is -0.457 e. The Bertz CT molecular complexity index is 1460. The summed E-state index contributed by atoms with van der Waals surface area (Å²) in [6.07, 6.45) is -4.28. The molecule has 4 N–H and O–H groups in total. The molecule has 10 nitrogen and oxygen atoms in total. The SMILES string of the molecule is CC[C@H]1OC(O)[C@H](NS(=O)(=O)/C(C#N)=C/c2ccc(-c3ccc4cc(N(C)C)ccc4c3)o2)[C@@H](O)[C@@H]1O. The van der Waals surface area contributed by atoms with Crippen LogP contribution in [0.3, 0.4) is 0 Å². The zero-order chi connectivity index (χ0) is 26.9. The van der Waals surface area contributed by atoms with Crippen molar-refractivity contribution in [2.24, 2.45) is 0 Å². The minimum atomic E-state index is -4.50. The molecule has 0 bridgehead atoms. The van der Waals surface area contributed by atoms with E-state index in [-0.39, 0.29) is 5.76 Å². The lowest BCUT2D eigenvalue weighted by atomic mass is 9.96.